The van der Waals surface area contributed by atoms with Crippen LogP contribution in [-0.4, -0.2) is 19.3 Å². The summed E-state index contributed by atoms with van der Waals surface area (Å²) in [5.74, 6) is 0.172. The second-order valence-electron chi connectivity index (χ2n) is 3.74. The average Bonchev–Trinajstić information content (AvgIpc) is 2.39. The van der Waals surface area contributed by atoms with Crippen molar-refractivity contribution in [1.82, 2.24) is 0 Å². The molecule has 3 nitrogen and oxygen atoms in total. The molecule has 2 aromatic carbocycles. The lowest BCUT2D eigenvalue weighted by molar-refractivity contribution is 0.373. The maximum atomic E-state index is 13.6. The topological polar surface area (TPSA) is 38.7 Å². The normalized spacial score (nSPS) is 10.2. The van der Waals surface area contributed by atoms with Crippen molar-refractivity contribution in [3.05, 3.63) is 42.2 Å². The van der Waals surface area contributed by atoms with Gasteiger partial charge in [-0.15, -0.1) is 0 Å². The van der Waals surface area contributed by atoms with Crippen LogP contribution in [0.1, 0.15) is 0 Å². The third kappa shape index (κ3) is 2.22. The molecule has 2 rings (SSSR count). The van der Waals surface area contributed by atoms with Gasteiger partial charge in [0.2, 0.25) is 0 Å². The van der Waals surface area contributed by atoms with Crippen LogP contribution >= 0.6 is 0 Å². The zero-order valence-corrected chi connectivity index (χ0v) is 10.1. The van der Waals surface area contributed by atoms with Crippen LogP contribution in [0.4, 0.5) is 4.39 Å². The number of benzene rings is 2. The van der Waals surface area contributed by atoms with E-state index in [1.807, 2.05) is 0 Å². The van der Waals surface area contributed by atoms with Crippen molar-refractivity contribution < 1.29 is 19.0 Å². The minimum Gasteiger partial charge on any atom is -0.504 e. The molecular weight excluding hydrogens is 235 g/mol. The second-order valence-corrected chi connectivity index (χ2v) is 3.74. The monoisotopic (exact) mass is 248 g/mol. The molecule has 0 saturated heterocycles. The number of methoxy groups -OCH3 is 2. The fraction of sp³-hybridized carbons (Fsp3) is 0.143. The third-order valence-electron chi connectivity index (χ3n) is 2.66. The van der Waals surface area contributed by atoms with Crippen LogP contribution in [0.3, 0.4) is 0 Å². The Hall–Kier alpha value is -2.23. The van der Waals surface area contributed by atoms with Gasteiger partial charge in [0.15, 0.2) is 23.1 Å². The Morgan fingerprint density at radius 1 is 0.889 bits per heavy atom. The molecule has 0 fully saturated rings. The van der Waals surface area contributed by atoms with Gasteiger partial charge in [0.1, 0.15) is 0 Å². The van der Waals surface area contributed by atoms with Crippen molar-refractivity contribution in [3.63, 3.8) is 0 Å². The van der Waals surface area contributed by atoms with Crippen molar-refractivity contribution >= 4 is 0 Å². The van der Waals surface area contributed by atoms with Crippen molar-refractivity contribution in [2.75, 3.05) is 14.2 Å². The van der Waals surface area contributed by atoms with Gasteiger partial charge in [-0.1, -0.05) is 12.1 Å². The fourth-order valence-electron chi connectivity index (χ4n) is 1.70. The molecule has 94 valence electrons. The molecule has 0 aromatic heterocycles. The first-order valence-electron chi connectivity index (χ1n) is 5.36. The van der Waals surface area contributed by atoms with E-state index in [2.05, 4.69) is 0 Å². The Kier molecular flexibility index (Phi) is 3.37. The fourth-order valence-corrected chi connectivity index (χ4v) is 1.70. The van der Waals surface area contributed by atoms with Crippen molar-refractivity contribution in [2.24, 2.45) is 0 Å². The summed E-state index contributed by atoms with van der Waals surface area (Å²) in [5, 5.41) is 9.50. The lowest BCUT2D eigenvalue weighted by Gasteiger charge is -2.08. The molecule has 0 radical (unpaired) electrons. The van der Waals surface area contributed by atoms with Crippen LogP contribution in [0.5, 0.6) is 17.2 Å². The molecule has 0 aliphatic carbocycles. The Labute approximate surface area is 104 Å². The van der Waals surface area contributed by atoms with Gasteiger partial charge in [-0.2, -0.15) is 0 Å². The summed E-state index contributed by atoms with van der Waals surface area (Å²) in [6.45, 7) is 0. The SMILES string of the molecule is COc1cc(-c2ccc(OC)c(F)c2)ccc1O. The Bertz CT molecular complexity index is 567. The van der Waals surface area contributed by atoms with Crippen LogP contribution in [0, 0.1) is 5.82 Å². The summed E-state index contributed by atoms with van der Waals surface area (Å²) in [5.41, 5.74) is 1.44. The van der Waals surface area contributed by atoms with Crippen LogP contribution in [0.25, 0.3) is 11.1 Å². The molecule has 0 amide bonds. The zero-order valence-electron chi connectivity index (χ0n) is 10.1. The van der Waals surface area contributed by atoms with E-state index in [9.17, 15) is 9.50 Å². The summed E-state index contributed by atoms with van der Waals surface area (Å²) in [4.78, 5) is 0. The molecule has 0 heterocycles. The second kappa shape index (κ2) is 4.96. The highest BCUT2D eigenvalue weighted by Crippen LogP contribution is 2.32. The highest BCUT2D eigenvalue weighted by Gasteiger charge is 2.08. The number of aromatic hydroxyl groups is 1. The van der Waals surface area contributed by atoms with Gasteiger partial charge in [0, 0.05) is 0 Å². The number of phenols is 1. The van der Waals surface area contributed by atoms with Crippen LogP contribution in [0.2, 0.25) is 0 Å². The molecule has 18 heavy (non-hydrogen) atoms. The van der Waals surface area contributed by atoms with Crippen molar-refractivity contribution in [1.29, 1.82) is 0 Å². The number of halogens is 1. The summed E-state index contributed by atoms with van der Waals surface area (Å²) in [7, 11) is 2.88. The molecule has 1 N–H and O–H groups in total. The number of ether oxygens (including phenoxy) is 2. The van der Waals surface area contributed by atoms with E-state index in [0.29, 0.717) is 11.3 Å². The summed E-state index contributed by atoms with van der Waals surface area (Å²) >= 11 is 0. The van der Waals surface area contributed by atoms with E-state index in [0.717, 1.165) is 5.56 Å². The largest absolute Gasteiger partial charge is 0.504 e. The highest BCUT2D eigenvalue weighted by molar-refractivity contribution is 5.67. The van der Waals surface area contributed by atoms with E-state index < -0.39 is 5.82 Å². The standard InChI is InChI=1S/C14H13FO3/c1-17-13-6-4-9(7-11(13)15)10-3-5-12(16)14(8-10)18-2/h3-8,16H,1-2H3. The highest BCUT2D eigenvalue weighted by atomic mass is 19.1. The van der Waals surface area contributed by atoms with Crippen LogP contribution in [-0.2, 0) is 0 Å². The number of hydrogen-bond donors (Lipinski definition) is 1. The predicted molar refractivity (Wildman–Crippen MR) is 66.6 cm³/mol. The van der Waals surface area contributed by atoms with E-state index in [4.69, 9.17) is 9.47 Å². The molecule has 0 aliphatic heterocycles. The number of rotatable bonds is 3. The third-order valence-corrected chi connectivity index (χ3v) is 2.66. The Morgan fingerprint density at radius 3 is 2.11 bits per heavy atom. The van der Waals surface area contributed by atoms with E-state index >= 15 is 0 Å². The van der Waals surface area contributed by atoms with Gasteiger partial charge >= 0.3 is 0 Å². The maximum absolute atomic E-state index is 13.6. The van der Waals surface area contributed by atoms with Gasteiger partial charge in [-0.05, 0) is 35.4 Å². The number of hydrogen-bond acceptors (Lipinski definition) is 3. The van der Waals surface area contributed by atoms with Gasteiger partial charge in [-0.3, -0.25) is 0 Å². The lowest BCUT2D eigenvalue weighted by atomic mass is 10.0. The van der Waals surface area contributed by atoms with Crippen LogP contribution < -0.4 is 9.47 Å². The van der Waals surface area contributed by atoms with Crippen molar-refractivity contribution in [3.8, 4) is 28.4 Å². The molecule has 0 atom stereocenters. The number of phenolic OH excluding ortho intramolecular Hbond substituents is 1. The summed E-state index contributed by atoms with van der Waals surface area (Å²) < 4.78 is 23.5. The molecule has 0 spiro atoms. The first-order chi connectivity index (χ1) is 8.65. The molecule has 0 unspecified atom stereocenters. The Morgan fingerprint density at radius 2 is 1.50 bits per heavy atom. The Balaban J connectivity index is 2.45. The summed E-state index contributed by atoms with van der Waals surface area (Å²) in [6, 6.07) is 9.54. The first-order valence-corrected chi connectivity index (χ1v) is 5.36. The smallest absolute Gasteiger partial charge is 0.165 e. The predicted octanol–water partition coefficient (Wildman–Crippen LogP) is 3.22. The van der Waals surface area contributed by atoms with E-state index in [1.165, 1.54) is 26.4 Å². The minimum absolute atomic E-state index is 0.0511. The van der Waals surface area contributed by atoms with Crippen LogP contribution in [0.15, 0.2) is 36.4 Å². The average molecular weight is 248 g/mol. The lowest BCUT2D eigenvalue weighted by Crippen LogP contribution is -1.89. The van der Waals surface area contributed by atoms with Gasteiger partial charge in [0.25, 0.3) is 0 Å². The van der Waals surface area contributed by atoms with Gasteiger partial charge in [0.05, 0.1) is 14.2 Å². The molecule has 0 bridgehead atoms. The minimum atomic E-state index is -0.429. The van der Waals surface area contributed by atoms with Crippen molar-refractivity contribution in [2.45, 2.75) is 0 Å². The van der Waals surface area contributed by atoms with E-state index in [1.54, 1.807) is 24.3 Å². The molecule has 0 aliphatic rings. The molecular formula is C14H13FO3. The molecule has 4 heteroatoms. The molecule has 2 aromatic rings. The van der Waals surface area contributed by atoms with Gasteiger partial charge in [-0.25, -0.2) is 4.39 Å². The maximum Gasteiger partial charge on any atom is 0.165 e. The first kappa shape index (κ1) is 12.2. The van der Waals surface area contributed by atoms with Gasteiger partial charge < -0.3 is 14.6 Å². The summed E-state index contributed by atoms with van der Waals surface area (Å²) in [6.07, 6.45) is 0. The zero-order chi connectivity index (χ0) is 13.1. The quantitative estimate of drug-likeness (QED) is 0.906. The van der Waals surface area contributed by atoms with E-state index in [-0.39, 0.29) is 11.5 Å². The molecule has 0 saturated carbocycles.